The van der Waals surface area contributed by atoms with E-state index in [4.69, 9.17) is 5.53 Å². The zero-order valence-corrected chi connectivity index (χ0v) is 9.68. The maximum atomic E-state index is 11.7. The summed E-state index contributed by atoms with van der Waals surface area (Å²) in [5, 5.41) is 0.732. The molecule has 4 nitrogen and oxygen atoms in total. The van der Waals surface area contributed by atoms with E-state index in [-0.39, 0.29) is 5.78 Å². The van der Waals surface area contributed by atoms with Crippen molar-refractivity contribution in [3.05, 3.63) is 46.0 Å². The van der Waals surface area contributed by atoms with Gasteiger partial charge in [0.25, 0.3) is 5.78 Å². The molecule has 0 spiro atoms. The molecule has 0 saturated carbocycles. The monoisotopic (exact) mass is 275 g/mol. The molecule has 0 saturated heterocycles. The van der Waals surface area contributed by atoms with Crippen LogP contribution in [-0.2, 0) is 0 Å². The third-order valence-electron chi connectivity index (χ3n) is 2.13. The zero-order chi connectivity index (χ0) is 11.5. The summed E-state index contributed by atoms with van der Waals surface area (Å²) >= 11 is 3.23. The van der Waals surface area contributed by atoms with Crippen LogP contribution in [0.15, 0.2) is 34.9 Å². The van der Waals surface area contributed by atoms with Gasteiger partial charge in [-0.2, -0.15) is 4.79 Å². The normalized spacial score (nSPS) is 9.81. The smallest absolute Gasteiger partial charge is 0.328 e. The van der Waals surface area contributed by atoms with Crippen LogP contribution in [0.4, 0.5) is 0 Å². The van der Waals surface area contributed by atoms with Crippen molar-refractivity contribution in [3.63, 3.8) is 0 Å². The second kappa shape index (κ2) is 4.35. The number of fused-ring (bicyclic) bond motifs is 1. The zero-order valence-electron chi connectivity index (χ0n) is 8.09. The Labute approximate surface area is 99.7 Å². The molecule has 0 aliphatic carbocycles. The van der Waals surface area contributed by atoms with Crippen molar-refractivity contribution in [2.24, 2.45) is 0 Å². The largest absolute Gasteiger partial charge is 0.361 e. The van der Waals surface area contributed by atoms with Gasteiger partial charge in [0.15, 0.2) is 0 Å². The molecule has 16 heavy (non-hydrogen) atoms. The van der Waals surface area contributed by atoms with Gasteiger partial charge in [-0.25, -0.2) is 4.98 Å². The molecule has 5 heteroatoms. The number of benzene rings is 1. The average molecular weight is 276 g/mol. The molecule has 0 unspecified atom stereocenters. The molecule has 0 fully saturated rings. The van der Waals surface area contributed by atoms with Gasteiger partial charge >= 0.3 is 6.21 Å². The lowest BCUT2D eigenvalue weighted by molar-refractivity contribution is 0.00236. The third kappa shape index (κ3) is 1.91. The maximum Gasteiger partial charge on any atom is 0.328 e. The summed E-state index contributed by atoms with van der Waals surface area (Å²) in [5.74, 6) is -0.359. The number of halogens is 1. The van der Waals surface area contributed by atoms with Crippen molar-refractivity contribution in [1.29, 1.82) is 0 Å². The Morgan fingerprint density at radius 2 is 2.19 bits per heavy atom. The molecule has 1 aromatic heterocycles. The Hall–Kier alpha value is -1.84. The van der Waals surface area contributed by atoms with Crippen LogP contribution in [0.1, 0.15) is 10.4 Å². The van der Waals surface area contributed by atoms with Crippen molar-refractivity contribution < 1.29 is 9.58 Å². The number of carbonyl (C=O) groups is 1. The lowest BCUT2D eigenvalue weighted by atomic mass is 10.1. The van der Waals surface area contributed by atoms with Crippen molar-refractivity contribution >= 4 is 38.8 Å². The Kier molecular flexibility index (Phi) is 2.90. The Morgan fingerprint density at radius 3 is 2.94 bits per heavy atom. The number of carbonyl (C=O) groups excluding carboxylic acids is 1. The fraction of sp³-hybridized carbons (Fsp3) is 0. The number of ketones is 1. The van der Waals surface area contributed by atoms with Gasteiger partial charge in [0.1, 0.15) is 4.60 Å². The van der Waals surface area contributed by atoms with E-state index in [2.05, 4.69) is 25.7 Å². The molecular formula is C11H6BrN3O. The molecule has 0 bridgehead atoms. The van der Waals surface area contributed by atoms with Crippen LogP contribution in [0.3, 0.4) is 0 Å². The quantitative estimate of drug-likeness (QED) is 0.278. The second-order valence-electron chi connectivity index (χ2n) is 3.12. The minimum absolute atomic E-state index is 0.359. The maximum absolute atomic E-state index is 11.7. The van der Waals surface area contributed by atoms with Crippen LogP contribution in [0.2, 0.25) is 0 Å². The van der Waals surface area contributed by atoms with Gasteiger partial charge < -0.3 is 5.53 Å². The van der Waals surface area contributed by atoms with Crippen molar-refractivity contribution in [2.45, 2.75) is 0 Å². The van der Waals surface area contributed by atoms with Gasteiger partial charge in [-0.3, -0.25) is 4.79 Å². The Bertz CT molecular complexity index is 618. The van der Waals surface area contributed by atoms with E-state index in [1.807, 2.05) is 18.2 Å². The summed E-state index contributed by atoms with van der Waals surface area (Å²) in [7, 11) is 0. The molecule has 0 atom stereocenters. The first-order valence-corrected chi connectivity index (χ1v) is 5.28. The molecule has 0 aliphatic rings. The molecule has 0 radical (unpaired) electrons. The summed E-state index contributed by atoms with van der Waals surface area (Å²) < 4.78 is 0.570. The molecule has 2 rings (SSSR count). The highest BCUT2D eigenvalue weighted by molar-refractivity contribution is 9.10. The standard InChI is InChI=1S/C11H6BrN3O/c12-11-5-8(10(16)6-14-13)7-3-1-2-4-9(7)15-11/h1-6H. The lowest BCUT2D eigenvalue weighted by Gasteiger charge is -2.01. The van der Waals surface area contributed by atoms with Crippen LogP contribution in [0, 0.1) is 0 Å². The lowest BCUT2D eigenvalue weighted by Crippen LogP contribution is -2.02. The van der Waals surface area contributed by atoms with Crippen LogP contribution in [-0.4, -0.2) is 21.8 Å². The van der Waals surface area contributed by atoms with Crippen molar-refractivity contribution in [2.75, 3.05) is 0 Å². The van der Waals surface area contributed by atoms with Crippen LogP contribution < -0.4 is 0 Å². The summed E-state index contributed by atoms with van der Waals surface area (Å²) in [6.07, 6.45) is 0.869. The highest BCUT2D eigenvalue weighted by atomic mass is 79.9. The predicted octanol–water partition coefficient (Wildman–Crippen LogP) is 2.48. The van der Waals surface area contributed by atoms with E-state index < -0.39 is 0 Å². The van der Waals surface area contributed by atoms with Gasteiger partial charge in [-0.1, -0.05) is 18.2 Å². The van der Waals surface area contributed by atoms with Gasteiger partial charge in [0, 0.05) is 10.9 Å². The third-order valence-corrected chi connectivity index (χ3v) is 2.53. The summed E-state index contributed by atoms with van der Waals surface area (Å²) in [5.41, 5.74) is 9.53. The number of nitrogens with zero attached hydrogens (tertiary/aromatic N) is 3. The number of para-hydroxylation sites is 1. The molecule has 0 N–H and O–H groups in total. The average Bonchev–Trinajstić information content (AvgIpc) is 2.28. The number of rotatable bonds is 2. The van der Waals surface area contributed by atoms with E-state index in [1.165, 1.54) is 0 Å². The molecule has 0 aliphatic heterocycles. The first-order valence-electron chi connectivity index (χ1n) is 4.49. The number of Topliss-reactive ketones (excluding diaryl/α,β-unsaturated/α-hetero) is 1. The summed E-state index contributed by atoms with van der Waals surface area (Å²) in [6.45, 7) is 0. The van der Waals surface area contributed by atoms with Crippen LogP contribution in [0.5, 0.6) is 0 Å². The van der Waals surface area contributed by atoms with Gasteiger partial charge in [0.2, 0.25) is 0 Å². The van der Waals surface area contributed by atoms with Crippen molar-refractivity contribution in [1.82, 2.24) is 4.98 Å². The fourth-order valence-corrected chi connectivity index (χ4v) is 1.89. The minimum Gasteiger partial charge on any atom is -0.361 e. The predicted molar refractivity (Wildman–Crippen MR) is 63.5 cm³/mol. The number of aromatic nitrogens is 1. The van der Waals surface area contributed by atoms with Crippen molar-refractivity contribution in [3.8, 4) is 0 Å². The first kappa shape index (κ1) is 10.7. The van der Waals surface area contributed by atoms with Gasteiger partial charge in [-0.15, -0.1) is 0 Å². The Morgan fingerprint density at radius 1 is 1.44 bits per heavy atom. The highest BCUT2D eigenvalue weighted by Gasteiger charge is 2.12. The van der Waals surface area contributed by atoms with E-state index >= 15 is 0 Å². The van der Waals surface area contributed by atoms with E-state index in [1.54, 1.807) is 12.1 Å². The van der Waals surface area contributed by atoms with E-state index in [9.17, 15) is 4.79 Å². The van der Waals surface area contributed by atoms with Gasteiger partial charge in [0.05, 0.1) is 5.52 Å². The molecule has 2 aromatic rings. The fourth-order valence-electron chi connectivity index (χ4n) is 1.47. The first-order chi connectivity index (χ1) is 7.72. The highest BCUT2D eigenvalue weighted by Crippen LogP contribution is 2.20. The molecule has 1 heterocycles. The van der Waals surface area contributed by atoms with Gasteiger partial charge in [-0.05, 0) is 28.1 Å². The second-order valence-corrected chi connectivity index (χ2v) is 3.93. The summed E-state index contributed by atoms with van der Waals surface area (Å²) in [4.78, 5) is 18.6. The van der Waals surface area contributed by atoms with E-state index in [0.29, 0.717) is 15.7 Å². The molecule has 0 amide bonds. The number of hydrogen-bond donors (Lipinski definition) is 0. The van der Waals surface area contributed by atoms with Crippen LogP contribution >= 0.6 is 15.9 Å². The summed E-state index contributed by atoms with van der Waals surface area (Å²) in [6, 6.07) is 8.88. The number of hydrogen-bond acceptors (Lipinski definition) is 2. The minimum atomic E-state index is -0.359. The molecular weight excluding hydrogens is 270 g/mol. The topological polar surface area (TPSA) is 66.4 Å². The molecule has 78 valence electrons. The Balaban J connectivity index is 2.77. The number of pyridine rings is 1. The van der Waals surface area contributed by atoms with Crippen LogP contribution in [0.25, 0.3) is 16.4 Å². The SMILES string of the molecule is [N-]=[N+]=CC(=O)c1cc(Br)nc2ccccc12. The van der Waals surface area contributed by atoms with E-state index in [0.717, 1.165) is 11.6 Å². The molecule has 1 aromatic carbocycles.